The van der Waals surface area contributed by atoms with Crippen LogP contribution in [-0.2, 0) is 11.2 Å². The van der Waals surface area contributed by atoms with Crippen molar-refractivity contribution in [1.29, 1.82) is 0 Å². The van der Waals surface area contributed by atoms with Crippen LogP contribution in [0.2, 0.25) is 0 Å². The minimum absolute atomic E-state index is 0.307. The molecule has 0 bridgehead atoms. The lowest BCUT2D eigenvalue weighted by Gasteiger charge is -2.13. The summed E-state index contributed by atoms with van der Waals surface area (Å²) in [5.41, 5.74) is 0.985. The summed E-state index contributed by atoms with van der Waals surface area (Å²) in [5, 5.41) is 11.0. The SMILES string of the molecule is CNC(COC)Cc1cccnn1. The Balaban J connectivity index is 2.46. The average Bonchev–Trinajstić information content (AvgIpc) is 2.19. The van der Waals surface area contributed by atoms with E-state index in [1.807, 2.05) is 19.2 Å². The lowest BCUT2D eigenvalue weighted by atomic mass is 10.1. The molecule has 0 saturated heterocycles. The molecule has 1 N–H and O–H groups in total. The van der Waals surface area contributed by atoms with Gasteiger partial charge in [0.1, 0.15) is 0 Å². The van der Waals surface area contributed by atoms with E-state index in [4.69, 9.17) is 4.74 Å². The van der Waals surface area contributed by atoms with E-state index in [2.05, 4.69) is 15.5 Å². The number of hydrogen-bond donors (Lipinski definition) is 1. The van der Waals surface area contributed by atoms with Gasteiger partial charge in [-0.15, -0.1) is 0 Å². The molecular formula is C9H15N3O. The molecule has 4 heteroatoms. The van der Waals surface area contributed by atoms with Crippen LogP contribution in [0.25, 0.3) is 0 Å². The monoisotopic (exact) mass is 181 g/mol. The van der Waals surface area contributed by atoms with E-state index in [1.54, 1.807) is 13.3 Å². The first-order valence-electron chi connectivity index (χ1n) is 4.29. The van der Waals surface area contributed by atoms with E-state index >= 15 is 0 Å². The summed E-state index contributed by atoms with van der Waals surface area (Å²) in [7, 11) is 3.61. The van der Waals surface area contributed by atoms with Crippen molar-refractivity contribution in [3.63, 3.8) is 0 Å². The minimum Gasteiger partial charge on any atom is -0.383 e. The molecule has 0 aliphatic rings. The van der Waals surface area contributed by atoms with Crippen LogP contribution < -0.4 is 5.32 Å². The van der Waals surface area contributed by atoms with Crippen LogP contribution in [0.3, 0.4) is 0 Å². The topological polar surface area (TPSA) is 47.0 Å². The molecule has 0 amide bonds. The first-order chi connectivity index (χ1) is 6.36. The first-order valence-corrected chi connectivity index (χ1v) is 4.29. The highest BCUT2D eigenvalue weighted by atomic mass is 16.5. The Morgan fingerprint density at radius 2 is 2.46 bits per heavy atom. The van der Waals surface area contributed by atoms with Gasteiger partial charge < -0.3 is 10.1 Å². The smallest absolute Gasteiger partial charge is 0.0647 e. The molecule has 0 aliphatic carbocycles. The van der Waals surface area contributed by atoms with Gasteiger partial charge in [0.25, 0.3) is 0 Å². The van der Waals surface area contributed by atoms with Gasteiger partial charge in [-0.25, -0.2) is 0 Å². The number of likely N-dealkylation sites (N-methyl/N-ethyl adjacent to an activating group) is 1. The van der Waals surface area contributed by atoms with Crippen LogP contribution in [0.5, 0.6) is 0 Å². The Bertz CT molecular complexity index is 228. The lowest BCUT2D eigenvalue weighted by molar-refractivity contribution is 0.169. The minimum atomic E-state index is 0.307. The maximum Gasteiger partial charge on any atom is 0.0647 e. The maximum absolute atomic E-state index is 5.06. The van der Waals surface area contributed by atoms with Gasteiger partial charge in [-0.2, -0.15) is 10.2 Å². The number of nitrogens with one attached hydrogen (secondary N) is 1. The van der Waals surface area contributed by atoms with Crippen LogP contribution in [0.1, 0.15) is 5.69 Å². The Morgan fingerprint density at radius 3 is 3.00 bits per heavy atom. The predicted octanol–water partition coefficient (Wildman–Crippen LogP) is 0.253. The second-order valence-electron chi connectivity index (χ2n) is 2.86. The highest BCUT2D eigenvalue weighted by Crippen LogP contribution is 1.97. The molecule has 1 aromatic rings. The van der Waals surface area contributed by atoms with Crippen molar-refractivity contribution >= 4 is 0 Å². The van der Waals surface area contributed by atoms with Gasteiger partial charge in [-0.3, -0.25) is 0 Å². The third-order valence-electron chi connectivity index (χ3n) is 1.86. The highest BCUT2D eigenvalue weighted by Gasteiger charge is 2.06. The Labute approximate surface area is 78.3 Å². The molecule has 72 valence electrons. The molecule has 4 nitrogen and oxygen atoms in total. The Kier molecular flexibility index (Phi) is 4.35. The second-order valence-corrected chi connectivity index (χ2v) is 2.86. The van der Waals surface area contributed by atoms with Gasteiger partial charge in [-0.1, -0.05) is 0 Å². The van der Waals surface area contributed by atoms with E-state index in [0.29, 0.717) is 12.6 Å². The van der Waals surface area contributed by atoms with E-state index in [0.717, 1.165) is 12.1 Å². The summed E-state index contributed by atoms with van der Waals surface area (Å²) in [6.45, 7) is 0.688. The number of methoxy groups -OCH3 is 1. The van der Waals surface area contributed by atoms with Crippen molar-refractivity contribution in [2.45, 2.75) is 12.5 Å². The molecule has 0 aromatic carbocycles. The van der Waals surface area contributed by atoms with Crippen molar-refractivity contribution in [3.8, 4) is 0 Å². The van der Waals surface area contributed by atoms with Crippen molar-refractivity contribution < 1.29 is 4.74 Å². The molecule has 1 unspecified atom stereocenters. The summed E-state index contributed by atoms with van der Waals surface area (Å²) in [6, 6.07) is 4.16. The quantitative estimate of drug-likeness (QED) is 0.707. The normalized spacial score (nSPS) is 12.8. The zero-order valence-electron chi connectivity index (χ0n) is 8.03. The average molecular weight is 181 g/mol. The maximum atomic E-state index is 5.06. The van der Waals surface area contributed by atoms with Crippen LogP contribution >= 0.6 is 0 Å². The van der Waals surface area contributed by atoms with Crippen LogP contribution in [0, 0.1) is 0 Å². The van der Waals surface area contributed by atoms with Gasteiger partial charge in [0.2, 0.25) is 0 Å². The third-order valence-corrected chi connectivity index (χ3v) is 1.86. The molecule has 0 fully saturated rings. The fourth-order valence-corrected chi connectivity index (χ4v) is 1.14. The van der Waals surface area contributed by atoms with Gasteiger partial charge in [0, 0.05) is 25.8 Å². The van der Waals surface area contributed by atoms with Crippen molar-refractivity contribution in [1.82, 2.24) is 15.5 Å². The van der Waals surface area contributed by atoms with Crippen molar-refractivity contribution in [3.05, 3.63) is 24.0 Å². The van der Waals surface area contributed by atoms with Crippen molar-refractivity contribution in [2.24, 2.45) is 0 Å². The predicted molar refractivity (Wildman–Crippen MR) is 50.5 cm³/mol. The van der Waals surface area contributed by atoms with Crippen LogP contribution in [0.4, 0.5) is 0 Å². The van der Waals surface area contributed by atoms with Gasteiger partial charge >= 0.3 is 0 Å². The molecule has 0 aliphatic heterocycles. The standard InChI is InChI=1S/C9H15N3O/c1-10-9(7-13-2)6-8-4-3-5-11-12-8/h3-5,9-10H,6-7H2,1-2H3. The van der Waals surface area contributed by atoms with E-state index in [1.165, 1.54) is 0 Å². The van der Waals surface area contributed by atoms with E-state index in [-0.39, 0.29) is 0 Å². The molecule has 13 heavy (non-hydrogen) atoms. The number of rotatable bonds is 5. The zero-order chi connectivity index (χ0) is 9.52. The summed E-state index contributed by atoms with van der Waals surface area (Å²) >= 11 is 0. The first kappa shape index (κ1) is 10.1. The van der Waals surface area contributed by atoms with Gasteiger partial charge in [0.05, 0.1) is 12.3 Å². The molecule has 0 spiro atoms. The molecule has 1 heterocycles. The summed E-state index contributed by atoms with van der Waals surface area (Å²) < 4.78 is 5.06. The van der Waals surface area contributed by atoms with Gasteiger partial charge in [0.15, 0.2) is 0 Å². The Morgan fingerprint density at radius 1 is 1.62 bits per heavy atom. The Hall–Kier alpha value is -1.00. The highest BCUT2D eigenvalue weighted by molar-refractivity contribution is 5.01. The summed E-state index contributed by atoms with van der Waals surface area (Å²) in [5.74, 6) is 0. The van der Waals surface area contributed by atoms with E-state index in [9.17, 15) is 0 Å². The van der Waals surface area contributed by atoms with E-state index < -0.39 is 0 Å². The van der Waals surface area contributed by atoms with Gasteiger partial charge in [-0.05, 0) is 19.2 Å². The number of nitrogens with zero attached hydrogens (tertiary/aromatic N) is 2. The van der Waals surface area contributed by atoms with Crippen molar-refractivity contribution in [2.75, 3.05) is 20.8 Å². The van der Waals surface area contributed by atoms with Crippen LogP contribution in [-0.4, -0.2) is 37.0 Å². The lowest BCUT2D eigenvalue weighted by Crippen LogP contribution is -2.32. The molecule has 0 radical (unpaired) electrons. The number of aromatic nitrogens is 2. The molecule has 1 aromatic heterocycles. The third kappa shape index (κ3) is 3.48. The number of hydrogen-bond acceptors (Lipinski definition) is 4. The zero-order valence-corrected chi connectivity index (χ0v) is 8.03. The fraction of sp³-hybridized carbons (Fsp3) is 0.556. The largest absolute Gasteiger partial charge is 0.383 e. The molecule has 1 rings (SSSR count). The summed E-state index contributed by atoms with van der Waals surface area (Å²) in [6.07, 6.45) is 2.52. The fourth-order valence-electron chi connectivity index (χ4n) is 1.14. The molecular weight excluding hydrogens is 166 g/mol. The van der Waals surface area contributed by atoms with Crippen LogP contribution in [0.15, 0.2) is 18.3 Å². The molecule has 0 saturated carbocycles. The molecule has 1 atom stereocenters. The summed E-state index contributed by atoms with van der Waals surface area (Å²) in [4.78, 5) is 0. The second kappa shape index (κ2) is 5.61. The number of ether oxygens (including phenoxy) is 1.